The van der Waals surface area contributed by atoms with Gasteiger partial charge >= 0.3 is 5.97 Å². The van der Waals surface area contributed by atoms with Crippen molar-refractivity contribution in [3.8, 4) is 0 Å². The van der Waals surface area contributed by atoms with Crippen molar-refractivity contribution < 1.29 is 19.2 Å². The second-order valence-electron chi connectivity index (χ2n) is 6.06. The number of carboxylic acid groups (broad SMARTS) is 1. The van der Waals surface area contributed by atoms with Crippen molar-refractivity contribution >= 4 is 11.9 Å². The van der Waals surface area contributed by atoms with E-state index >= 15 is 0 Å². The van der Waals surface area contributed by atoms with Gasteiger partial charge < -0.3 is 14.9 Å². The lowest BCUT2D eigenvalue weighted by molar-refractivity contribution is -0.137. The highest BCUT2D eigenvalue weighted by atomic mass is 16.5. The van der Waals surface area contributed by atoms with Crippen molar-refractivity contribution in [2.45, 2.75) is 45.1 Å². The normalized spacial score (nSPS) is 12.1. The highest BCUT2D eigenvalue weighted by Crippen LogP contribution is 2.15. The monoisotopic (exact) mass is 330 g/mol. The number of aromatic nitrogens is 1. The fourth-order valence-electron chi connectivity index (χ4n) is 2.35. The minimum Gasteiger partial charge on any atom is -0.481 e. The van der Waals surface area contributed by atoms with Crippen LogP contribution in [0.5, 0.6) is 0 Å². The number of aliphatic carboxylic acids is 1. The number of amides is 1. The van der Waals surface area contributed by atoms with Crippen LogP contribution in [0.1, 0.15) is 54.4 Å². The van der Waals surface area contributed by atoms with Crippen molar-refractivity contribution in [1.29, 1.82) is 0 Å². The largest absolute Gasteiger partial charge is 0.481 e. The van der Waals surface area contributed by atoms with Gasteiger partial charge in [-0.3, -0.25) is 9.59 Å². The molecule has 0 aliphatic carbocycles. The van der Waals surface area contributed by atoms with E-state index in [2.05, 4.69) is 10.5 Å². The predicted octanol–water partition coefficient (Wildman–Crippen LogP) is 3.00. The summed E-state index contributed by atoms with van der Waals surface area (Å²) in [5, 5.41) is 15.6. The molecule has 0 fully saturated rings. The second kappa shape index (κ2) is 8.29. The number of carbonyl (C=O) groups is 2. The molecule has 128 valence electrons. The van der Waals surface area contributed by atoms with Crippen molar-refractivity contribution in [2.75, 3.05) is 0 Å². The van der Waals surface area contributed by atoms with Crippen LogP contribution in [-0.4, -0.2) is 28.2 Å². The van der Waals surface area contributed by atoms with Gasteiger partial charge in [-0.1, -0.05) is 49.3 Å². The topological polar surface area (TPSA) is 92.4 Å². The van der Waals surface area contributed by atoms with Crippen molar-refractivity contribution in [3.63, 3.8) is 0 Å². The number of carbonyl (C=O) groups excluding carboxylic acids is 1. The molecule has 0 aliphatic heterocycles. The molecule has 1 aromatic heterocycles. The van der Waals surface area contributed by atoms with Crippen molar-refractivity contribution in [2.24, 2.45) is 0 Å². The van der Waals surface area contributed by atoms with Gasteiger partial charge in [0.05, 0.1) is 5.69 Å². The lowest BCUT2D eigenvalue weighted by Gasteiger charge is -2.17. The maximum Gasteiger partial charge on any atom is 0.303 e. The molecule has 2 rings (SSSR count). The van der Waals surface area contributed by atoms with Crippen molar-refractivity contribution in [1.82, 2.24) is 10.5 Å². The molecule has 6 nitrogen and oxygen atoms in total. The third kappa shape index (κ3) is 5.22. The summed E-state index contributed by atoms with van der Waals surface area (Å²) in [5.41, 5.74) is 1.75. The van der Waals surface area contributed by atoms with E-state index in [0.29, 0.717) is 18.5 Å². The zero-order valence-electron chi connectivity index (χ0n) is 13.9. The van der Waals surface area contributed by atoms with Crippen molar-refractivity contribution in [3.05, 3.63) is 53.4 Å². The van der Waals surface area contributed by atoms with E-state index in [1.807, 2.05) is 44.2 Å². The number of nitrogens with one attached hydrogen (secondary N) is 1. The Morgan fingerprint density at radius 1 is 1.25 bits per heavy atom. The second-order valence-corrected chi connectivity index (χ2v) is 6.06. The molecule has 0 saturated heterocycles. The summed E-state index contributed by atoms with van der Waals surface area (Å²) in [6, 6.07) is 11.0. The first-order valence-electron chi connectivity index (χ1n) is 7.99. The van der Waals surface area contributed by atoms with Gasteiger partial charge in [0.15, 0.2) is 0 Å². The molecule has 2 aromatic rings. The van der Waals surface area contributed by atoms with Crippen LogP contribution in [0.15, 0.2) is 40.9 Å². The summed E-state index contributed by atoms with van der Waals surface area (Å²) >= 11 is 0. The van der Waals surface area contributed by atoms with Gasteiger partial charge in [0.2, 0.25) is 5.76 Å². The molecule has 0 radical (unpaired) electrons. The average molecular weight is 330 g/mol. The molecule has 0 saturated carbocycles. The SMILES string of the molecule is CC(C)c1cc(C(=O)NC(CCC(=O)O)Cc2ccccc2)on1. The molecule has 1 heterocycles. The number of carboxylic acids is 1. The molecular weight excluding hydrogens is 308 g/mol. The Morgan fingerprint density at radius 3 is 2.54 bits per heavy atom. The van der Waals surface area contributed by atoms with Crippen LogP contribution in [0.25, 0.3) is 0 Å². The van der Waals surface area contributed by atoms with Crippen LogP contribution < -0.4 is 5.32 Å². The summed E-state index contributed by atoms with van der Waals surface area (Å²) in [7, 11) is 0. The Kier molecular flexibility index (Phi) is 6.12. The molecule has 2 N–H and O–H groups in total. The van der Waals surface area contributed by atoms with Gasteiger partial charge in [0.1, 0.15) is 0 Å². The Labute approximate surface area is 140 Å². The maximum absolute atomic E-state index is 12.3. The zero-order valence-corrected chi connectivity index (χ0v) is 13.9. The molecule has 1 amide bonds. The third-order valence-electron chi connectivity index (χ3n) is 3.71. The average Bonchev–Trinajstić information content (AvgIpc) is 3.04. The molecule has 0 aliphatic rings. The summed E-state index contributed by atoms with van der Waals surface area (Å²) in [6.07, 6.45) is 0.900. The Balaban J connectivity index is 2.05. The van der Waals surface area contributed by atoms with E-state index in [0.717, 1.165) is 5.56 Å². The summed E-state index contributed by atoms with van der Waals surface area (Å²) < 4.78 is 5.09. The van der Waals surface area contributed by atoms with Gasteiger partial charge in [-0.2, -0.15) is 0 Å². The molecular formula is C18H22N2O4. The summed E-state index contributed by atoms with van der Waals surface area (Å²) in [6.45, 7) is 3.93. The van der Waals surface area contributed by atoms with Crippen LogP contribution >= 0.6 is 0 Å². The Hall–Kier alpha value is -2.63. The molecule has 0 spiro atoms. The lowest BCUT2D eigenvalue weighted by Crippen LogP contribution is -2.36. The number of hydrogen-bond donors (Lipinski definition) is 2. The van der Waals surface area contributed by atoms with E-state index in [1.165, 1.54) is 0 Å². The number of benzene rings is 1. The van der Waals surface area contributed by atoms with Gasteiger partial charge in [-0.25, -0.2) is 0 Å². The van der Waals surface area contributed by atoms with E-state index < -0.39 is 5.97 Å². The quantitative estimate of drug-likeness (QED) is 0.776. The van der Waals surface area contributed by atoms with Crippen LogP contribution in [0.2, 0.25) is 0 Å². The standard InChI is InChI=1S/C18H22N2O4/c1-12(2)15-11-16(24-20-15)18(23)19-14(8-9-17(21)22)10-13-6-4-3-5-7-13/h3-7,11-12,14H,8-10H2,1-2H3,(H,19,23)(H,21,22). The van der Waals surface area contributed by atoms with Crippen LogP contribution in [0.3, 0.4) is 0 Å². The number of nitrogens with zero attached hydrogens (tertiary/aromatic N) is 1. The first-order valence-corrected chi connectivity index (χ1v) is 7.99. The van der Waals surface area contributed by atoms with Crippen LogP contribution in [0.4, 0.5) is 0 Å². The minimum absolute atomic E-state index is 0.00850. The maximum atomic E-state index is 12.3. The highest BCUT2D eigenvalue weighted by molar-refractivity contribution is 5.91. The highest BCUT2D eigenvalue weighted by Gasteiger charge is 2.19. The predicted molar refractivity (Wildman–Crippen MR) is 88.9 cm³/mol. The fraction of sp³-hybridized carbons (Fsp3) is 0.389. The van der Waals surface area contributed by atoms with E-state index in [1.54, 1.807) is 6.07 Å². The summed E-state index contributed by atoms with van der Waals surface area (Å²) in [5.74, 6) is -0.945. The third-order valence-corrected chi connectivity index (χ3v) is 3.71. The Morgan fingerprint density at radius 2 is 1.96 bits per heavy atom. The van der Waals surface area contributed by atoms with Gasteiger partial charge in [-0.15, -0.1) is 0 Å². The summed E-state index contributed by atoms with van der Waals surface area (Å²) in [4.78, 5) is 23.2. The van der Waals surface area contributed by atoms with E-state index in [-0.39, 0.29) is 30.0 Å². The van der Waals surface area contributed by atoms with Gasteiger partial charge in [0, 0.05) is 18.5 Å². The lowest BCUT2D eigenvalue weighted by atomic mass is 10.0. The molecule has 1 atom stereocenters. The van der Waals surface area contributed by atoms with Gasteiger partial charge in [-0.05, 0) is 24.3 Å². The first-order chi connectivity index (χ1) is 11.5. The first kappa shape index (κ1) is 17.7. The zero-order chi connectivity index (χ0) is 17.5. The van der Waals surface area contributed by atoms with E-state index in [9.17, 15) is 9.59 Å². The molecule has 1 aromatic carbocycles. The van der Waals surface area contributed by atoms with Crippen LogP contribution in [-0.2, 0) is 11.2 Å². The number of rotatable bonds is 8. The smallest absolute Gasteiger partial charge is 0.303 e. The van der Waals surface area contributed by atoms with Gasteiger partial charge in [0.25, 0.3) is 5.91 Å². The minimum atomic E-state index is -0.885. The molecule has 6 heteroatoms. The molecule has 24 heavy (non-hydrogen) atoms. The molecule has 0 bridgehead atoms. The Bertz CT molecular complexity index is 679. The van der Waals surface area contributed by atoms with E-state index in [4.69, 9.17) is 9.63 Å². The molecule has 1 unspecified atom stereocenters. The number of hydrogen-bond acceptors (Lipinski definition) is 4. The fourth-order valence-corrected chi connectivity index (χ4v) is 2.35. The van der Waals surface area contributed by atoms with Crippen LogP contribution in [0, 0.1) is 0 Å².